The van der Waals surface area contributed by atoms with Crippen molar-refractivity contribution in [2.75, 3.05) is 37.6 Å². The number of hydrogen-bond acceptors (Lipinski definition) is 4. The van der Waals surface area contributed by atoms with Crippen molar-refractivity contribution < 1.29 is 18.0 Å². The molecule has 0 aromatic heterocycles. The number of hydrogen-bond donors (Lipinski definition) is 1. The van der Waals surface area contributed by atoms with Gasteiger partial charge in [0.15, 0.2) is 0 Å². The number of nitrogens with zero attached hydrogens (tertiary/aromatic N) is 3. The van der Waals surface area contributed by atoms with E-state index >= 15 is 0 Å². The van der Waals surface area contributed by atoms with Gasteiger partial charge in [0, 0.05) is 44.3 Å². The molecule has 0 bridgehead atoms. The normalized spacial score (nSPS) is 22.7. The van der Waals surface area contributed by atoms with Gasteiger partial charge in [-0.1, -0.05) is 6.07 Å². The highest BCUT2D eigenvalue weighted by Gasteiger charge is 2.29. The van der Waals surface area contributed by atoms with Gasteiger partial charge in [0.2, 0.25) is 5.91 Å². The summed E-state index contributed by atoms with van der Waals surface area (Å²) >= 11 is 0. The zero-order valence-corrected chi connectivity index (χ0v) is 17.8. The third-order valence-corrected chi connectivity index (χ3v) is 6.41. The second kappa shape index (κ2) is 10.9. The lowest BCUT2D eigenvalue weighted by Crippen LogP contribution is -2.47. The molecule has 1 aromatic carbocycles. The summed E-state index contributed by atoms with van der Waals surface area (Å²) in [5.74, 6) is 0.132. The van der Waals surface area contributed by atoms with Crippen LogP contribution in [0.5, 0.6) is 0 Å². The van der Waals surface area contributed by atoms with E-state index in [1.54, 1.807) is 0 Å². The van der Waals surface area contributed by atoms with E-state index in [4.69, 9.17) is 5.26 Å². The van der Waals surface area contributed by atoms with E-state index in [-0.39, 0.29) is 6.04 Å². The maximum Gasteiger partial charge on any atom is 0.389 e. The summed E-state index contributed by atoms with van der Waals surface area (Å²) in [5, 5.41) is 11.8. The minimum atomic E-state index is -4.28. The Labute approximate surface area is 182 Å². The Morgan fingerprint density at radius 1 is 1.13 bits per heavy atom. The molecule has 5 nitrogen and oxygen atoms in total. The number of halogens is 3. The fourth-order valence-electron chi connectivity index (χ4n) is 4.52. The Morgan fingerprint density at radius 3 is 2.48 bits per heavy atom. The predicted molar refractivity (Wildman–Crippen MR) is 114 cm³/mol. The van der Waals surface area contributed by atoms with Crippen molar-refractivity contribution in [3.8, 4) is 6.07 Å². The lowest BCUT2D eigenvalue weighted by atomic mass is 9.84. The van der Waals surface area contributed by atoms with Crippen LogP contribution < -0.4 is 10.2 Å². The third kappa shape index (κ3) is 7.73. The van der Waals surface area contributed by atoms with Gasteiger partial charge in [-0.25, -0.2) is 0 Å². The number of carbonyl (C=O) groups excluding carboxylic acids is 1. The fraction of sp³-hybridized carbons (Fsp3) is 0.652. The summed E-state index contributed by atoms with van der Waals surface area (Å²) in [6.07, 6.45) is -0.936. The van der Waals surface area contributed by atoms with Crippen molar-refractivity contribution in [1.29, 1.82) is 5.26 Å². The second-order valence-corrected chi connectivity index (χ2v) is 8.68. The van der Waals surface area contributed by atoms with Gasteiger partial charge in [-0.15, -0.1) is 0 Å². The molecule has 2 fully saturated rings. The molecule has 1 aromatic rings. The van der Waals surface area contributed by atoms with Crippen LogP contribution >= 0.6 is 0 Å². The van der Waals surface area contributed by atoms with Gasteiger partial charge in [-0.2, -0.15) is 18.4 Å². The molecule has 8 heteroatoms. The zero-order valence-electron chi connectivity index (χ0n) is 17.8. The van der Waals surface area contributed by atoms with Gasteiger partial charge < -0.3 is 10.2 Å². The molecule has 1 saturated heterocycles. The maximum atomic E-state index is 12.2. The van der Waals surface area contributed by atoms with E-state index in [1.807, 2.05) is 18.2 Å². The van der Waals surface area contributed by atoms with Gasteiger partial charge >= 0.3 is 6.18 Å². The number of nitriles is 1. The van der Waals surface area contributed by atoms with Crippen LogP contribution in [0.2, 0.25) is 0 Å². The molecule has 1 N–H and O–H groups in total. The van der Waals surface area contributed by atoms with E-state index in [2.05, 4.69) is 27.3 Å². The number of carbonyl (C=O) groups is 1. The van der Waals surface area contributed by atoms with Gasteiger partial charge in [0.25, 0.3) is 0 Å². The topological polar surface area (TPSA) is 59.4 Å². The Morgan fingerprint density at radius 2 is 1.84 bits per heavy atom. The third-order valence-electron chi connectivity index (χ3n) is 6.41. The smallest absolute Gasteiger partial charge is 0.369 e. The maximum absolute atomic E-state index is 12.2. The SMILES string of the molecule is N#Cc1cccc(N2CCN(CCC3CCC(NC(=O)CCC(F)(F)F)CC3)CC2)c1. The number of alkyl halides is 3. The van der Waals surface area contributed by atoms with E-state index in [0.29, 0.717) is 11.5 Å². The zero-order chi connectivity index (χ0) is 22.3. The molecule has 170 valence electrons. The molecule has 1 amide bonds. The van der Waals surface area contributed by atoms with Crippen molar-refractivity contribution in [2.45, 2.75) is 57.2 Å². The molecule has 1 heterocycles. The molecular weight excluding hydrogens is 405 g/mol. The summed E-state index contributed by atoms with van der Waals surface area (Å²) in [6.45, 7) is 4.96. The quantitative estimate of drug-likeness (QED) is 0.700. The average Bonchev–Trinajstić information content (AvgIpc) is 2.77. The Bertz CT molecular complexity index is 761. The summed E-state index contributed by atoms with van der Waals surface area (Å²) in [4.78, 5) is 16.5. The molecule has 0 spiro atoms. The first-order valence-electron chi connectivity index (χ1n) is 11.2. The molecule has 0 radical (unpaired) electrons. The number of benzene rings is 1. The van der Waals surface area contributed by atoms with Gasteiger partial charge in [-0.3, -0.25) is 9.69 Å². The van der Waals surface area contributed by atoms with Gasteiger partial charge in [0.1, 0.15) is 0 Å². The molecular formula is C23H31F3N4O. The van der Waals surface area contributed by atoms with Crippen molar-refractivity contribution in [3.05, 3.63) is 29.8 Å². The highest BCUT2D eigenvalue weighted by atomic mass is 19.4. The van der Waals surface area contributed by atoms with Gasteiger partial charge in [0.05, 0.1) is 18.1 Å². The van der Waals surface area contributed by atoms with Crippen LogP contribution in [0.4, 0.5) is 18.9 Å². The average molecular weight is 437 g/mol. The minimum Gasteiger partial charge on any atom is -0.369 e. The molecule has 0 atom stereocenters. The van der Waals surface area contributed by atoms with E-state index in [9.17, 15) is 18.0 Å². The molecule has 2 aliphatic rings. The number of rotatable bonds is 7. The van der Waals surface area contributed by atoms with Crippen molar-refractivity contribution in [3.63, 3.8) is 0 Å². The van der Waals surface area contributed by atoms with Crippen LogP contribution in [0.15, 0.2) is 24.3 Å². The number of piperazine rings is 1. The molecule has 31 heavy (non-hydrogen) atoms. The summed E-state index contributed by atoms with van der Waals surface area (Å²) < 4.78 is 36.7. The first-order chi connectivity index (χ1) is 14.8. The standard InChI is InChI=1S/C23H31F3N4O/c24-23(25,26)10-8-22(31)28-20-6-4-18(5-7-20)9-11-29-12-14-30(15-13-29)21-3-1-2-19(16-21)17-27/h1-3,16,18,20H,4-15H2,(H,28,31). The van der Waals surface area contributed by atoms with Crippen LogP contribution in [0.3, 0.4) is 0 Å². The highest BCUT2D eigenvalue weighted by Crippen LogP contribution is 2.28. The van der Waals surface area contributed by atoms with Crippen LogP contribution in [-0.2, 0) is 4.79 Å². The van der Waals surface area contributed by atoms with Crippen LogP contribution in [0.25, 0.3) is 0 Å². The van der Waals surface area contributed by atoms with E-state index in [0.717, 1.165) is 70.5 Å². The first kappa shape index (κ1) is 23.4. The van der Waals surface area contributed by atoms with Crippen LogP contribution in [0, 0.1) is 17.2 Å². The number of anilines is 1. The number of nitrogens with one attached hydrogen (secondary N) is 1. The largest absolute Gasteiger partial charge is 0.389 e. The summed E-state index contributed by atoms with van der Waals surface area (Å²) in [7, 11) is 0. The predicted octanol–water partition coefficient (Wildman–Crippen LogP) is 4.09. The fourth-order valence-corrected chi connectivity index (χ4v) is 4.52. The molecule has 1 saturated carbocycles. The van der Waals surface area contributed by atoms with Crippen LogP contribution in [0.1, 0.15) is 50.5 Å². The van der Waals surface area contributed by atoms with E-state index < -0.39 is 24.9 Å². The Hall–Kier alpha value is -2.27. The monoisotopic (exact) mass is 436 g/mol. The summed E-state index contributed by atoms with van der Waals surface area (Å²) in [6, 6.07) is 9.95. The Balaban J connectivity index is 1.31. The van der Waals surface area contributed by atoms with E-state index in [1.165, 1.54) is 0 Å². The van der Waals surface area contributed by atoms with Crippen molar-refractivity contribution in [1.82, 2.24) is 10.2 Å². The lowest BCUT2D eigenvalue weighted by molar-refractivity contribution is -0.144. The molecule has 1 aliphatic heterocycles. The van der Waals surface area contributed by atoms with Crippen LogP contribution in [-0.4, -0.2) is 55.7 Å². The molecule has 3 rings (SSSR count). The van der Waals surface area contributed by atoms with Gasteiger partial charge in [-0.05, 0) is 62.8 Å². The second-order valence-electron chi connectivity index (χ2n) is 8.68. The Kier molecular flexibility index (Phi) is 8.19. The molecule has 0 unspecified atom stereocenters. The van der Waals surface area contributed by atoms with Crippen molar-refractivity contribution >= 4 is 11.6 Å². The number of amides is 1. The van der Waals surface area contributed by atoms with Crippen molar-refractivity contribution in [2.24, 2.45) is 5.92 Å². The first-order valence-corrected chi connectivity index (χ1v) is 11.2. The molecule has 1 aliphatic carbocycles. The lowest BCUT2D eigenvalue weighted by Gasteiger charge is -2.37. The summed E-state index contributed by atoms with van der Waals surface area (Å²) in [5.41, 5.74) is 1.79. The minimum absolute atomic E-state index is 0.0182. The highest BCUT2D eigenvalue weighted by molar-refractivity contribution is 5.76.